The van der Waals surface area contributed by atoms with E-state index in [1.165, 1.54) is 0 Å². The molecule has 0 saturated carbocycles. The van der Waals surface area contributed by atoms with Crippen molar-refractivity contribution in [2.24, 2.45) is 0 Å². The van der Waals surface area contributed by atoms with E-state index >= 15 is 0 Å². The summed E-state index contributed by atoms with van der Waals surface area (Å²) in [6.45, 7) is 21.9. The molecular weight excluding hydrogens is 553 g/mol. The average Bonchev–Trinajstić information content (AvgIpc) is 2.96. The molecule has 2 aromatic carbocycles. The van der Waals surface area contributed by atoms with Crippen molar-refractivity contribution in [3.8, 4) is 0 Å². The van der Waals surface area contributed by atoms with E-state index in [1.54, 1.807) is 19.9 Å². The summed E-state index contributed by atoms with van der Waals surface area (Å²) >= 11 is 6.06. The number of rotatable bonds is 10. The topological polar surface area (TPSA) is 106 Å². The van der Waals surface area contributed by atoms with Gasteiger partial charge >= 0.3 is 5.97 Å². The van der Waals surface area contributed by atoms with Crippen LogP contribution in [0.1, 0.15) is 79.9 Å². The average molecular weight is 594 g/mol. The number of aromatic nitrogens is 2. The van der Waals surface area contributed by atoms with Crippen molar-refractivity contribution in [3.63, 3.8) is 0 Å². The Labute approximate surface area is 253 Å². The fourth-order valence-corrected chi connectivity index (χ4v) is 4.42. The Hall–Kier alpha value is -4.10. The fourth-order valence-electron chi connectivity index (χ4n) is 4.19. The number of nitrogens with two attached hydrogens (primary N) is 1. The van der Waals surface area contributed by atoms with Crippen molar-refractivity contribution in [1.82, 2.24) is 9.97 Å². The van der Waals surface area contributed by atoms with Crippen LogP contribution in [0.4, 0.5) is 10.2 Å². The fraction of sp³-hybridized carbons (Fsp3) is 0.294. The number of aldehydes is 1. The van der Waals surface area contributed by atoms with Gasteiger partial charge in [-0.15, -0.1) is 0 Å². The summed E-state index contributed by atoms with van der Waals surface area (Å²) in [7, 11) is 0. The van der Waals surface area contributed by atoms with Gasteiger partial charge < -0.3 is 15.6 Å². The van der Waals surface area contributed by atoms with Crippen LogP contribution in [0.25, 0.3) is 5.57 Å². The summed E-state index contributed by atoms with van der Waals surface area (Å²) in [5, 5.41) is 9.51. The highest BCUT2D eigenvalue weighted by Crippen LogP contribution is 2.36. The zero-order valence-electron chi connectivity index (χ0n) is 25.4. The molecule has 224 valence electrons. The molecule has 0 unspecified atom stereocenters. The van der Waals surface area contributed by atoms with Gasteiger partial charge in [0.05, 0.1) is 5.41 Å². The highest BCUT2D eigenvalue weighted by molar-refractivity contribution is 6.30. The Morgan fingerprint density at radius 1 is 1.10 bits per heavy atom. The molecular formula is C34H41ClFN3O3. The van der Waals surface area contributed by atoms with Crippen LogP contribution >= 0.6 is 11.6 Å². The van der Waals surface area contributed by atoms with Gasteiger partial charge in [0, 0.05) is 28.3 Å². The quantitative estimate of drug-likeness (QED) is 0.181. The highest BCUT2D eigenvalue weighted by Gasteiger charge is 2.34. The Bertz CT molecular complexity index is 1430. The normalized spacial score (nSPS) is 11.5. The van der Waals surface area contributed by atoms with Crippen LogP contribution in [0.2, 0.25) is 5.02 Å². The molecule has 0 radical (unpaired) electrons. The van der Waals surface area contributed by atoms with Crippen LogP contribution in [0.3, 0.4) is 0 Å². The molecule has 8 heteroatoms. The van der Waals surface area contributed by atoms with Crippen LogP contribution in [0, 0.1) is 13.8 Å². The molecule has 0 fully saturated rings. The van der Waals surface area contributed by atoms with Gasteiger partial charge in [0.15, 0.2) is 5.82 Å². The maximum atomic E-state index is 12.3. The first-order chi connectivity index (χ1) is 19.7. The second-order valence-corrected chi connectivity index (χ2v) is 10.0. The van der Waals surface area contributed by atoms with Crippen LogP contribution in [-0.2, 0) is 21.4 Å². The molecule has 1 heterocycles. The lowest BCUT2D eigenvalue weighted by Gasteiger charge is -2.27. The van der Waals surface area contributed by atoms with E-state index in [2.05, 4.69) is 29.7 Å². The number of hydrogen-bond donors (Lipinski definition) is 2. The van der Waals surface area contributed by atoms with Crippen molar-refractivity contribution in [3.05, 3.63) is 118 Å². The molecule has 0 amide bonds. The number of anilines is 1. The van der Waals surface area contributed by atoms with Gasteiger partial charge in [0.2, 0.25) is 0 Å². The Morgan fingerprint density at radius 3 is 2.12 bits per heavy atom. The van der Waals surface area contributed by atoms with E-state index in [4.69, 9.17) is 22.4 Å². The number of allylic oxidation sites excluding steroid dienone is 2. The van der Waals surface area contributed by atoms with Gasteiger partial charge in [-0.2, -0.15) is 0 Å². The van der Waals surface area contributed by atoms with Gasteiger partial charge in [-0.1, -0.05) is 82.4 Å². The monoisotopic (exact) mass is 593 g/mol. The standard InChI is InChI=1S/C26H26ClN3O3.C6H9F.C2H6/c1-15-13-20(27)10-11-21(15)16(2)25-29-17(3)23(24(28)30-25)26(4,14-31)19-8-5-18(6-9-19)7-12-22(32)33;1-4-5(2)6(3)7;1-2/h5-6,8-11,13-14H,2,7,12H2,1,3-4H3,(H,32,33)(H2,28,29,30);2-4H2,1H3;1-2H3/t26-;;/m0../s1. The molecule has 0 saturated heterocycles. The van der Waals surface area contributed by atoms with Gasteiger partial charge in [0.25, 0.3) is 0 Å². The van der Waals surface area contributed by atoms with Crippen molar-refractivity contribution in [1.29, 1.82) is 0 Å². The number of hydrogen-bond acceptors (Lipinski definition) is 5. The molecule has 1 aromatic heterocycles. The van der Waals surface area contributed by atoms with E-state index in [1.807, 2.05) is 64.1 Å². The number of nitrogens with zero attached hydrogens (tertiary/aromatic N) is 2. The van der Waals surface area contributed by atoms with Crippen molar-refractivity contribution in [2.75, 3.05) is 5.73 Å². The molecule has 42 heavy (non-hydrogen) atoms. The molecule has 0 aliphatic rings. The number of carbonyl (C=O) groups is 2. The molecule has 1 atom stereocenters. The number of carboxylic acids is 1. The summed E-state index contributed by atoms with van der Waals surface area (Å²) in [6.07, 6.45) is 1.94. The lowest BCUT2D eigenvalue weighted by Crippen LogP contribution is -2.29. The van der Waals surface area contributed by atoms with E-state index in [0.717, 1.165) is 28.5 Å². The van der Waals surface area contributed by atoms with E-state index in [0.29, 0.717) is 46.1 Å². The van der Waals surface area contributed by atoms with Crippen LogP contribution in [0.15, 0.2) is 73.6 Å². The maximum Gasteiger partial charge on any atom is 0.303 e. The summed E-state index contributed by atoms with van der Waals surface area (Å²) in [4.78, 5) is 32.3. The van der Waals surface area contributed by atoms with Crippen molar-refractivity contribution >= 4 is 35.2 Å². The highest BCUT2D eigenvalue weighted by atomic mass is 35.5. The van der Waals surface area contributed by atoms with Gasteiger partial charge in [0.1, 0.15) is 17.9 Å². The molecule has 0 aliphatic carbocycles. The number of aryl methyl sites for hydroxylation is 3. The molecule has 3 rings (SSSR count). The lowest BCUT2D eigenvalue weighted by atomic mass is 9.76. The summed E-state index contributed by atoms with van der Waals surface area (Å²) < 4.78 is 11.8. The molecule has 0 spiro atoms. The molecule has 3 aromatic rings. The van der Waals surface area contributed by atoms with Crippen LogP contribution in [-0.4, -0.2) is 27.3 Å². The zero-order valence-corrected chi connectivity index (χ0v) is 26.1. The molecule has 0 aliphatic heterocycles. The summed E-state index contributed by atoms with van der Waals surface area (Å²) in [5.41, 5.74) is 10.9. The maximum absolute atomic E-state index is 12.3. The minimum absolute atomic E-state index is 0.0443. The van der Waals surface area contributed by atoms with Crippen molar-refractivity contribution in [2.45, 2.75) is 66.2 Å². The van der Waals surface area contributed by atoms with E-state index in [-0.39, 0.29) is 12.2 Å². The number of aliphatic carboxylic acids is 1. The second-order valence-electron chi connectivity index (χ2n) is 9.60. The minimum atomic E-state index is -1.07. The van der Waals surface area contributed by atoms with Crippen LogP contribution < -0.4 is 5.73 Å². The van der Waals surface area contributed by atoms with Crippen LogP contribution in [0.5, 0.6) is 0 Å². The smallest absolute Gasteiger partial charge is 0.303 e. The third kappa shape index (κ3) is 9.21. The lowest BCUT2D eigenvalue weighted by molar-refractivity contribution is -0.137. The number of nitrogen functional groups attached to an aromatic ring is 1. The van der Waals surface area contributed by atoms with Gasteiger partial charge in [-0.05, 0) is 73.6 Å². The largest absolute Gasteiger partial charge is 0.481 e. The van der Waals surface area contributed by atoms with Crippen molar-refractivity contribution < 1.29 is 19.1 Å². The summed E-state index contributed by atoms with van der Waals surface area (Å²) in [5.74, 6) is -0.665. The third-order valence-corrected chi connectivity index (χ3v) is 6.88. The first-order valence-electron chi connectivity index (χ1n) is 13.7. The number of benzene rings is 2. The first-order valence-corrected chi connectivity index (χ1v) is 14.0. The first kappa shape index (κ1) is 35.9. The predicted octanol–water partition coefficient (Wildman–Crippen LogP) is 8.37. The van der Waals surface area contributed by atoms with E-state index in [9.17, 15) is 14.0 Å². The molecule has 3 N–H and O–H groups in total. The second kappa shape index (κ2) is 16.4. The Kier molecular flexibility index (Phi) is 14.0. The number of halogens is 2. The van der Waals surface area contributed by atoms with Gasteiger partial charge in [-0.3, -0.25) is 4.79 Å². The molecule has 0 bridgehead atoms. The summed E-state index contributed by atoms with van der Waals surface area (Å²) in [6, 6.07) is 12.8. The zero-order chi connectivity index (χ0) is 32.2. The predicted molar refractivity (Wildman–Crippen MR) is 171 cm³/mol. The SMILES string of the molecule is C=C(F)C(=C)CC.C=C(c1nc(C)c([C@@](C)(C=O)c2ccc(CCC(=O)O)cc2)c(N)n1)c1ccc(Cl)cc1C.CC. The van der Waals surface area contributed by atoms with Gasteiger partial charge in [-0.25, -0.2) is 14.4 Å². The Morgan fingerprint density at radius 2 is 1.69 bits per heavy atom. The number of carbonyl (C=O) groups excluding carboxylic acids is 1. The molecule has 6 nitrogen and oxygen atoms in total. The minimum Gasteiger partial charge on any atom is -0.481 e. The third-order valence-electron chi connectivity index (χ3n) is 6.65. The number of carboxylic acid groups (broad SMARTS) is 1. The van der Waals surface area contributed by atoms with E-state index < -0.39 is 17.2 Å². The Balaban J connectivity index is 0.000000858.